The molecular weight excluding hydrogens is 270 g/mol. The summed E-state index contributed by atoms with van der Waals surface area (Å²) in [6, 6.07) is 8.48. The summed E-state index contributed by atoms with van der Waals surface area (Å²) in [5, 5.41) is 5.70. The normalized spacial score (nSPS) is 15.1. The summed E-state index contributed by atoms with van der Waals surface area (Å²) in [5.41, 5.74) is 2.48. The van der Waals surface area contributed by atoms with Gasteiger partial charge in [0.05, 0.1) is 6.04 Å². The second-order valence-electron chi connectivity index (χ2n) is 4.79. The summed E-state index contributed by atoms with van der Waals surface area (Å²) in [4.78, 5) is 1.34. The van der Waals surface area contributed by atoms with E-state index in [2.05, 4.69) is 36.7 Å². The van der Waals surface area contributed by atoms with Gasteiger partial charge < -0.3 is 14.8 Å². The van der Waals surface area contributed by atoms with Crippen molar-refractivity contribution in [1.29, 1.82) is 0 Å². The molecule has 1 aromatic heterocycles. The lowest BCUT2D eigenvalue weighted by Crippen LogP contribution is -2.24. The molecule has 1 aliphatic heterocycles. The topological polar surface area (TPSA) is 30.5 Å². The molecule has 20 heavy (non-hydrogen) atoms. The standard InChI is InChI=1S/C16H19NO2S/c1-3-17-15(12-7-10-20-11(12)2)13-5-4-6-14-16(13)19-9-8-18-14/h4-7,10,15,17H,3,8-9H2,1-2H3. The second-order valence-corrected chi connectivity index (χ2v) is 5.91. The lowest BCUT2D eigenvalue weighted by Gasteiger charge is -2.26. The van der Waals surface area contributed by atoms with Crippen molar-refractivity contribution >= 4 is 11.3 Å². The van der Waals surface area contributed by atoms with Gasteiger partial charge in [0.15, 0.2) is 11.5 Å². The summed E-state index contributed by atoms with van der Waals surface area (Å²) in [6.45, 7) is 6.44. The van der Waals surface area contributed by atoms with Crippen LogP contribution in [-0.4, -0.2) is 19.8 Å². The highest BCUT2D eigenvalue weighted by molar-refractivity contribution is 7.10. The molecule has 3 rings (SSSR count). The summed E-state index contributed by atoms with van der Waals surface area (Å²) in [6.07, 6.45) is 0. The molecule has 2 aromatic rings. The van der Waals surface area contributed by atoms with Gasteiger partial charge in [-0.05, 0) is 36.5 Å². The van der Waals surface area contributed by atoms with Crippen LogP contribution in [0.15, 0.2) is 29.6 Å². The molecule has 1 unspecified atom stereocenters. The van der Waals surface area contributed by atoms with Gasteiger partial charge in [-0.3, -0.25) is 0 Å². The zero-order valence-electron chi connectivity index (χ0n) is 11.8. The monoisotopic (exact) mass is 289 g/mol. The van der Waals surface area contributed by atoms with E-state index in [4.69, 9.17) is 9.47 Å². The van der Waals surface area contributed by atoms with Crippen molar-refractivity contribution in [2.45, 2.75) is 19.9 Å². The number of rotatable bonds is 4. The largest absolute Gasteiger partial charge is 0.486 e. The van der Waals surface area contributed by atoms with Crippen LogP contribution in [0.2, 0.25) is 0 Å². The van der Waals surface area contributed by atoms with Gasteiger partial charge in [0.25, 0.3) is 0 Å². The maximum absolute atomic E-state index is 5.86. The number of fused-ring (bicyclic) bond motifs is 1. The first-order chi connectivity index (χ1) is 9.81. The van der Waals surface area contributed by atoms with Crippen LogP contribution in [0.5, 0.6) is 11.5 Å². The van der Waals surface area contributed by atoms with Gasteiger partial charge in [0.1, 0.15) is 13.2 Å². The molecule has 106 valence electrons. The van der Waals surface area contributed by atoms with Crippen molar-refractivity contribution in [1.82, 2.24) is 5.32 Å². The van der Waals surface area contributed by atoms with Crippen molar-refractivity contribution in [2.75, 3.05) is 19.8 Å². The molecule has 0 saturated carbocycles. The van der Waals surface area contributed by atoms with Gasteiger partial charge in [-0.15, -0.1) is 11.3 Å². The maximum atomic E-state index is 5.86. The van der Waals surface area contributed by atoms with Crippen LogP contribution in [0.1, 0.15) is 29.0 Å². The van der Waals surface area contributed by atoms with Gasteiger partial charge in [-0.25, -0.2) is 0 Å². The molecule has 1 N–H and O–H groups in total. The van der Waals surface area contributed by atoms with Crippen LogP contribution in [0.25, 0.3) is 0 Å². The van der Waals surface area contributed by atoms with Crippen molar-refractivity contribution in [3.63, 3.8) is 0 Å². The fourth-order valence-electron chi connectivity index (χ4n) is 2.61. The number of para-hydroxylation sites is 1. The zero-order chi connectivity index (χ0) is 13.9. The number of hydrogen-bond donors (Lipinski definition) is 1. The first-order valence-electron chi connectivity index (χ1n) is 6.97. The lowest BCUT2D eigenvalue weighted by atomic mass is 9.98. The Bertz CT molecular complexity index is 594. The van der Waals surface area contributed by atoms with Gasteiger partial charge in [0.2, 0.25) is 0 Å². The Labute approximate surface area is 123 Å². The molecule has 4 heteroatoms. The van der Waals surface area contributed by atoms with Gasteiger partial charge in [0, 0.05) is 10.4 Å². The van der Waals surface area contributed by atoms with E-state index in [1.165, 1.54) is 10.4 Å². The SMILES string of the molecule is CCNC(c1ccsc1C)c1cccc2c1OCCO2. The second kappa shape index (κ2) is 5.85. The molecule has 0 fully saturated rings. The maximum Gasteiger partial charge on any atom is 0.166 e. The molecule has 2 heterocycles. The van der Waals surface area contributed by atoms with Crippen molar-refractivity contribution < 1.29 is 9.47 Å². The Balaban J connectivity index is 2.06. The molecule has 0 radical (unpaired) electrons. The minimum absolute atomic E-state index is 0.155. The minimum atomic E-state index is 0.155. The van der Waals surface area contributed by atoms with Gasteiger partial charge >= 0.3 is 0 Å². The summed E-state index contributed by atoms with van der Waals surface area (Å²) < 4.78 is 11.5. The van der Waals surface area contributed by atoms with Crippen LogP contribution in [0, 0.1) is 6.92 Å². The molecule has 0 spiro atoms. The molecule has 1 atom stereocenters. The van der Waals surface area contributed by atoms with Crippen LogP contribution in [-0.2, 0) is 0 Å². The van der Waals surface area contributed by atoms with Crippen LogP contribution < -0.4 is 14.8 Å². The van der Waals surface area contributed by atoms with E-state index in [0.717, 1.165) is 23.6 Å². The van der Waals surface area contributed by atoms with Crippen LogP contribution in [0.4, 0.5) is 0 Å². The Hall–Kier alpha value is -1.52. The van der Waals surface area contributed by atoms with Crippen molar-refractivity contribution in [3.05, 3.63) is 45.6 Å². The Morgan fingerprint density at radius 1 is 1.20 bits per heavy atom. The number of hydrogen-bond acceptors (Lipinski definition) is 4. The van der Waals surface area contributed by atoms with Crippen LogP contribution >= 0.6 is 11.3 Å². The van der Waals surface area contributed by atoms with E-state index in [9.17, 15) is 0 Å². The zero-order valence-corrected chi connectivity index (χ0v) is 12.6. The number of benzene rings is 1. The highest BCUT2D eigenvalue weighted by Crippen LogP contribution is 2.40. The summed E-state index contributed by atoms with van der Waals surface area (Å²) in [7, 11) is 0. The highest BCUT2D eigenvalue weighted by Gasteiger charge is 2.24. The van der Waals surface area contributed by atoms with Crippen molar-refractivity contribution in [3.8, 4) is 11.5 Å². The van der Waals surface area contributed by atoms with E-state index in [0.29, 0.717) is 13.2 Å². The van der Waals surface area contributed by atoms with E-state index < -0.39 is 0 Å². The predicted octanol–water partition coefficient (Wildman–Crippen LogP) is 3.53. The summed E-state index contributed by atoms with van der Waals surface area (Å²) in [5.74, 6) is 1.74. The van der Waals surface area contributed by atoms with Gasteiger partial charge in [-0.2, -0.15) is 0 Å². The molecule has 1 aromatic carbocycles. The van der Waals surface area contributed by atoms with E-state index in [-0.39, 0.29) is 6.04 Å². The molecule has 0 amide bonds. The fraction of sp³-hybridized carbons (Fsp3) is 0.375. The van der Waals surface area contributed by atoms with E-state index in [1.807, 2.05) is 12.1 Å². The molecule has 0 aliphatic carbocycles. The van der Waals surface area contributed by atoms with Gasteiger partial charge in [-0.1, -0.05) is 19.1 Å². The Morgan fingerprint density at radius 3 is 2.80 bits per heavy atom. The molecule has 1 aliphatic rings. The third-order valence-electron chi connectivity index (χ3n) is 3.53. The van der Waals surface area contributed by atoms with E-state index >= 15 is 0 Å². The Kier molecular flexibility index (Phi) is 3.94. The first-order valence-corrected chi connectivity index (χ1v) is 7.85. The number of thiophene rings is 1. The average Bonchev–Trinajstić information content (AvgIpc) is 2.90. The van der Waals surface area contributed by atoms with Crippen LogP contribution in [0.3, 0.4) is 0 Å². The Morgan fingerprint density at radius 2 is 2.05 bits per heavy atom. The minimum Gasteiger partial charge on any atom is -0.486 e. The quantitative estimate of drug-likeness (QED) is 0.934. The first kappa shape index (κ1) is 13.5. The molecule has 3 nitrogen and oxygen atoms in total. The van der Waals surface area contributed by atoms with Crippen molar-refractivity contribution in [2.24, 2.45) is 0 Å². The fourth-order valence-corrected chi connectivity index (χ4v) is 3.35. The third-order valence-corrected chi connectivity index (χ3v) is 4.39. The average molecular weight is 289 g/mol. The smallest absolute Gasteiger partial charge is 0.166 e. The molecule has 0 saturated heterocycles. The number of nitrogens with one attached hydrogen (secondary N) is 1. The molecule has 0 bridgehead atoms. The number of ether oxygens (including phenoxy) is 2. The number of aryl methyl sites for hydroxylation is 1. The summed E-state index contributed by atoms with van der Waals surface area (Å²) >= 11 is 1.78. The molecular formula is C16H19NO2S. The van der Waals surface area contributed by atoms with E-state index in [1.54, 1.807) is 11.3 Å². The lowest BCUT2D eigenvalue weighted by molar-refractivity contribution is 0.169. The highest BCUT2D eigenvalue weighted by atomic mass is 32.1. The predicted molar refractivity (Wildman–Crippen MR) is 82.0 cm³/mol. The third kappa shape index (κ3) is 2.41.